The van der Waals surface area contributed by atoms with Crippen LogP contribution >= 0.6 is 0 Å². The van der Waals surface area contributed by atoms with Crippen molar-refractivity contribution >= 4 is 16.0 Å². The summed E-state index contributed by atoms with van der Waals surface area (Å²) in [5.74, 6) is -2.24. The minimum atomic E-state index is -4.28. The van der Waals surface area contributed by atoms with Crippen molar-refractivity contribution in [1.29, 1.82) is 5.26 Å². The van der Waals surface area contributed by atoms with Gasteiger partial charge in [0.1, 0.15) is 27.9 Å². The molecule has 0 bridgehead atoms. The summed E-state index contributed by atoms with van der Waals surface area (Å²) in [6.45, 7) is 0. The average Bonchev–Trinajstić information content (AvgIpc) is 2.33. The van der Waals surface area contributed by atoms with E-state index >= 15 is 0 Å². The summed E-state index contributed by atoms with van der Waals surface area (Å²) in [6.07, 6.45) is 0.917. The number of carbonyl (C=O) groups is 1. The summed E-state index contributed by atoms with van der Waals surface area (Å²) in [5.41, 5.74) is -2.18. The molecule has 0 aliphatic heterocycles. The minimum absolute atomic E-state index is 0.165. The van der Waals surface area contributed by atoms with E-state index < -0.39 is 37.8 Å². The largest absolute Gasteiger partial charge is 0.480 e. The number of nitrogens with one attached hydrogen (secondary N) is 1. The Balaban J connectivity index is 2.45. The van der Waals surface area contributed by atoms with Gasteiger partial charge >= 0.3 is 5.97 Å². The molecule has 2 rings (SSSR count). The van der Waals surface area contributed by atoms with Gasteiger partial charge in [0.25, 0.3) is 0 Å². The molecule has 8 heteroatoms. The van der Waals surface area contributed by atoms with E-state index in [9.17, 15) is 17.6 Å². The normalized spacial score (nSPS) is 17.0. The first kappa shape index (κ1) is 14.4. The second-order valence-electron chi connectivity index (χ2n) is 4.57. The first-order valence-electron chi connectivity index (χ1n) is 5.78. The number of halogens is 1. The molecule has 1 aromatic rings. The molecular formula is C12H11FN2O4S. The summed E-state index contributed by atoms with van der Waals surface area (Å²) in [4.78, 5) is 10.6. The second kappa shape index (κ2) is 4.85. The molecule has 0 saturated heterocycles. The van der Waals surface area contributed by atoms with Crippen LogP contribution in [0.25, 0.3) is 0 Å². The summed E-state index contributed by atoms with van der Waals surface area (Å²) >= 11 is 0. The highest BCUT2D eigenvalue weighted by Crippen LogP contribution is 2.34. The third kappa shape index (κ3) is 2.26. The van der Waals surface area contributed by atoms with Gasteiger partial charge in [-0.05, 0) is 31.4 Å². The van der Waals surface area contributed by atoms with Gasteiger partial charge in [-0.2, -0.15) is 9.98 Å². The average molecular weight is 298 g/mol. The van der Waals surface area contributed by atoms with Crippen LogP contribution < -0.4 is 4.72 Å². The highest BCUT2D eigenvalue weighted by atomic mass is 32.2. The molecule has 0 heterocycles. The highest BCUT2D eigenvalue weighted by molar-refractivity contribution is 7.89. The Kier molecular flexibility index (Phi) is 3.50. The van der Waals surface area contributed by atoms with Crippen LogP contribution in [0, 0.1) is 17.1 Å². The number of hydrogen-bond donors (Lipinski definition) is 2. The first-order chi connectivity index (χ1) is 9.32. The van der Waals surface area contributed by atoms with Gasteiger partial charge in [-0.25, -0.2) is 12.8 Å². The van der Waals surface area contributed by atoms with Crippen molar-refractivity contribution in [3.05, 3.63) is 29.6 Å². The van der Waals surface area contributed by atoms with E-state index in [-0.39, 0.29) is 12.8 Å². The first-order valence-corrected chi connectivity index (χ1v) is 7.27. The maximum absolute atomic E-state index is 13.4. The third-order valence-electron chi connectivity index (χ3n) is 3.32. The standard InChI is InChI=1S/C12H11FN2O4S/c13-9-3-1-4-10(8(9)7-14)20(18,19)15-12(11(16)17)5-2-6-12/h1,3-4,15H,2,5-6H2,(H,16,17). The van der Waals surface area contributed by atoms with Gasteiger partial charge < -0.3 is 5.11 Å². The fourth-order valence-corrected chi connectivity index (χ4v) is 3.62. The van der Waals surface area contributed by atoms with Crippen molar-refractivity contribution in [2.45, 2.75) is 29.7 Å². The van der Waals surface area contributed by atoms with Gasteiger partial charge in [-0.1, -0.05) is 6.07 Å². The lowest BCUT2D eigenvalue weighted by Gasteiger charge is -2.37. The number of aliphatic carboxylic acids is 1. The summed E-state index contributed by atoms with van der Waals surface area (Å²) in [6, 6.07) is 4.66. The number of carboxylic acid groups (broad SMARTS) is 1. The number of benzene rings is 1. The molecule has 20 heavy (non-hydrogen) atoms. The highest BCUT2D eigenvalue weighted by Gasteiger charge is 2.48. The van der Waals surface area contributed by atoms with Gasteiger partial charge in [0.15, 0.2) is 0 Å². The third-order valence-corrected chi connectivity index (χ3v) is 4.90. The van der Waals surface area contributed by atoms with Crippen molar-refractivity contribution in [3.63, 3.8) is 0 Å². The molecule has 0 radical (unpaired) electrons. The fourth-order valence-electron chi connectivity index (χ4n) is 2.04. The van der Waals surface area contributed by atoms with E-state index in [4.69, 9.17) is 10.4 Å². The molecule has 0 spiro atoms. The number of nitriles is 1. The molecule has 106 valence electrons. The molecule has 1 aliphatic rings. The lowest BCUT2D eigenvalue weighted by molar-refractivity contribution is -0.147. The van der Waals surface area contributed by atoms with Crippen LogP contribution in [-0.2, 0) is 14.8 Å². The molecule has 0 unspecified atom stereocenters. The summed E-state index contributed by atoms with van der Waals surface area (Å²) in [5, 5.41) is 18.0. The monoisotopic (exact) mass is 298 g/mol. The van der Waals surface area contributed by atoms with E-state index in [0.717, 1.165) is 18.2 Å². The zero-order chi connectivity index (χ0) is 15.0. The minimum Gasteiger partial charge on any atom is -0.480 e. The van der Waals surface area contributed by atoms with E-state index in [0.29, 0.717) is 6.42 Å². The number of rotatable bonds is 4. The predicted octanol–water partition coefficient (Wildman–Crippen LogP) is 0.983. The lowest BCUT2D eigenvalue weighted by Crippen LogP contribution is -2.59. The van der Waals surface area contributed by atoms with Gasteiger partial charge in [0.05, 0.1) is 0 Å². The quantitative estimate of drug-likeness (QED) is 0.861. The van der Waals surface area contributed by atoms with Crippen LogP contribution in [0.3, 0.4) is 0 Å². The van der Waals surface area contributed by atoms with Crippen LogP contribution in [0.4, 0.5) is 4.39 Å². The van der Waals surface area contributed by atoms with E-state index in [1.165, 1.54) is 6.07 Å². The van der Waals surface area contributed by atoms with E-state index in [2.05, 4.69) is 4.72 Å². The number of carboxylic acids is 1. The molecule has 1 saturated carbocycles. The number of nitrogens with zero attached hydrogens (tertiary/aromatic N) is 1. The van der Waals surface area contributed by atoms with E-state index in [1.807, 2.05) is 0 Å². The van der Waals surface area contributed by atoms with Crippen molar-refractivity contribution in [2.75, 3.05) is 0 Å². The summed E-state index contributed by atoms with van der Waals surface area (Å²) < 4.78 is 39.9. The molecule has 1 aliphatic carbocycles. The fraction of sp³-hybridized carbons (Fsp3) is 0.333. The summed E-state index contributed by atoms with van der Waals surface area (Å²) in [7, 11) is -4.28. The van der Waals surface area contributed by atoms with Gasteiger partial charge in [-0.15, -0.1) is 0 Å². The number of hydrogen-bond acceptors (Lipinski definition) is 4. The van der Waals surface area contributed by atoms with Crippen LogP contribution in [-0.4, -0.2) is 25.0 Å². The number of sulfonamides is 1. The SMILES string of the molecule is N#Cc1c(F)cccc1S(=O)(=O)NC1(C(=O)O)CCC1. The molecule has 2 N–H and O–H groups in total. The van der Waals surface area contributed by atoms with Gasteiger partial charge in [-0.3, -0.25) is 4.79 Å². The Hall–Kier alpha value is -1.98. The predicted molar refractivity (Wildman–Crippen MR) is 65.7 cm³/mol. The smallest absolute Gasteiger partial charge is 0.324 e. The van der Waals surface area contributed by atoms with E-state index in [1.54, 1.807) is 0 Å². The Labute approximate surface area is 114 Å². The maximum Gasteiger partial charge on any atom is 0.324 e. The Morgan fingerprint density at radius 2 is 2.10 bits per heavy atom. The molecule has 0 amide bonds. The molecule has 1 aromatic carbocycles. The Morgan fingerprint density at radius 3 is 2.55 bits per heavy atom. The zero-order valence-electron chi connectivity index (χ0n) is 10.3. The molecule has 0 aromatic heterocycles. The van der Waals surface area contributed by atoms with Crippen molar-refractivity contribution in [2.24, 2.45) is 0 Å². The maximum atomic E-state index is 13.4. The molecule has 1 fully saturated rings. The molecule has 0 atom stereocenters. The molecule has 6 nitrogen and oxygen atoms in total. The zero-order valence-corrected chi connectivity index (χ0v) is 11.1. The van der Waals surface area contributed by atoms with Crippen molar-refractivity contribution < 1.29 is 22.7 Å². The molecular weight excluding hydrogens is 287 g/mol. The second-order valence-corrected chi connectivity index (χ2v) is 6.22. The lowest BCUT2D eigenvalue weighted by atomic mass is 9.78. The van der Waals surface area contributed by atoms with Crippen molar-refractivity contribution in [3.8, 4) is 6.07 Å². The van der Waals surface area contributed by atoms with Crippen LogP contribution in [0.15, 0.2) is 23.1 Å². The Morgan fingerprint density at radius 1 is 1.45 bits per heavy atom. The van der Waals surface area contributed by atoms with Crippen LogP contribution in [0.1, 0.15) is 24.8 Å². The van der Waals surface area contributed by atoms with Crippen LogP contribution in [0.5, 0.6) is 0 Å². The topological polar surface area (TPSA) is 107 Å². The Bertz CT molecular complexity index is 705. The van der Waals surface area contributed by atoms with Gasteiger partial charge in [0, 0.05) is 0 Å². The van der Waals surface area contributed by atoms with Gasteiger partial charge in [0.2, 0.25) is 10.0 Å². The van der Waals surface area contributed by atoms with Crippen molar-refractivity contribution in [1.82, 2.24) is 4.72 Å². The van der Waals surface area contributed by atoms with Crippen LogP contribution in [0.2, 0.25) is 0 Å².